The minimum atomic E-state index is -3.49. The van der Waals surface area contributed by atoms with E-state index in [0.29, 0.717) is 9.90 Å². The number of thiophene rings is 1. The number of benzene rings is 1. The molecule has 0 radical (unpaired) electrons. The van der Waals surface area contributed by atoms with Gasteiger partial charge in [0.05, 0.1) is 0 Å². The topological polar surface area (TPSA) is 58.2 Å². The summed E-state index contributed by atoms with van der Waals surface area (Å²) >= 11 is 1.31. The maximum absolute atomic E-state index is 12.3. The molecule has 6 heteroatoms. The van der Waals surface area contributed by atoms with Crippen molar-refractivity contribution in [2.24, 2.45) is 0 Å². The van der Waals surface area contributed by atoms with E-state index < -0.39 is 10.0 Å². The lowest BCUT2D eigenvalue weighted by molar-refractivity contribution is 0.603. The number of aryl methyl sites for hydroxylation is 1. The van der Waals surface area contributed by atoms with Crippen molar-refractivity contribution in [2.75, 3.05) is 11.8 Å². The smallest absolute Gasteiger partial charge is 0.271 e. The molecule has 4 nitrogen and oxygen atoms in total. The molecule has 0 aliphatic heterocycles. The highest BCUT2D eigenvalue weighted by Gasteiger charge is 2.16. The van der Waals surface area contributed by atoms with Crippen LogP contribution in [-0.4, -0.2) is 15.5 Å². The molecule has 114 valence electrons. The average molecular weight is 324 g/mol. The molecule has 1 unspecified atom stereocenters. The average Bonchev–Trinajstić information content (AvgIpc) is 2.96. The number of sulfonamides is 1. The Morgan fingerprint density at radius 1 is 1.14 bits per heavy atom. The molecule has 0 saturated carbocycles. The summed E-state index contributed by atoms with van der Waals surface area (Å²) in [5, 5.41) is 3.15. The molecule has 21 heavy (non-hydrogen) atoms. The largest absolute Gasteiger partial charge is 0.313 e. The summed E-state index contributed by atoms with van der Waals surface area (Å²) in [7, 11) is -1.60. The van der Waals surface area contributed by atoms with E-state index >= 15 is 0 Å². The number of nitrogens with one attached hydrogen (secondary N) is 2. The predicted octanol–water partition coefficient (Wildman–Crippen LogP) is 3.39. The van der Waals surface area contributed by atoms with Crippen molar-refractivity contribution in [2.45, 2.75) is 30.5 Å². The quantitative estimate of drug-likeness (QED) is 0.856. The summed E-state index contributed by atoms with van der Waals surface area (Å²) in [6, 6.07) is 11.2. The maximum atomic E-state index is 12.3. The van der Waals surface area contributed by atoms with Gasteiger partial charge in [0.1, 0.15) is 4.21 Å². The zero-order valence-electron chi connectivity index (χ0n) is 12.4. The molecule has 1 aromatic carbocycles. The standard InChI is InChI=1S/C15H20N2O2S2/c1-4-14-9-10-15(20-14)21(18,19)17-13-7-5-12(6-8-13)11(2)16-3/h5-11,16-17H,4H2,1-3H3. The monoisotopic (exact) mass is 324 g/mol. The van der Waals surface area contributed by atoms with Gasteiger partial charge in [0.15, 0.2) is 0 Å². The summed E-state index contributed by atoms with van der Waals surface area (Å²) in [4.78, 5) is 1.06. The fourth-order valence-corrected chi connectivity index (χ4v) is 4.26. The number of rotatable bonds is 6. The van der Waals surface area contributed by atoms with Gasteiger partial charge in [-0.2, -0.15) is 0 Å². The first kappa shape index (κ1) is 16.0. The summed E-state index contributed by atoms with van der Waals surface area (Å²) in [5.74, 6) is 0. The normalized spacial score (nSPS) is 13.1. The first-order valence-electron chi connectivity index (χ1n) is 6.85. The summed E-state index contributed by atoms with van der Waals surface area (Å²) in [6.07, 6.45) is 0.844. The van der Waals surface area contributed by atoms with Crippen molar-refractivity contribution in [3.8, 4) is 0 Å². The zero-order chi connectivity index (χ0) is 15.5. The second kappa shape index (κ2) is 6.60. The summed E-state index contributed by atoms with van der Waals surface area (Å²) in [5.41, 5.74) is 1.69. The molecule has 1 atom stereocenters. The van der Waals surface area contributed by atoms with Crippen LogP contribution in [0.3, 0.4) is 0 Å². The van der Waals surface area contributed by atoms with Crippen LogP contribution in [0, 0.1) is 0 Å². The van der Waals surface area contributed by atoms with Gasteiger partial charge in [0, 0.05) is 16.6 Å². The minimum Gasteiger partial charge on any atom is -0.313 e. The Morgan fingerprint density at radius 2 is 1.81 bits per heavy atom. The molecule has 0 amide bonds. The van der Waals surface area contributed by atoms with E-state index in [2.05, 4.69) is 17.0 Å². The summed E-state index contributed by atoms with van der Waals surface area (Å²) < 4.78 is 27.6. The van der Waals surface area contributed by atoms with E-state index in [-0.39, 0.29) is 6.04 Å². The molecule has 0 aliphatic carbocycles. The fraction of sp³-hybridized carbons (Fsp3) is 0.333. The molecule has 0 spiro atoms. The molecule has 0 fully saturated rings. The van der Waals surface area contributed by atoms with Gasteiger partial charge in [-0.1, -0.05) is 19.1 Å². The van der Waals surface area contributed by atoms with Crippen molar-refractivity contribution in [1.29, 1.82) is 0 Å². The third-order valence-electron chi connectivity index (χ3n) is 3.35. The third-order valence-corrected chi connectivity index (χ3v) is 6.45. The Hall–Kier alpha value is -1.37. The van der Waals surface area contributed by atoms with Crippen LogP contribution in [0.4, 0.5) is 5.69 Å². The molecule has 2 N–H and O–H groups in total. The van der Waals surface area contributed by atoms with Crippen molar-refractivity contribution in [3.05, 3.63) is 46.8 Å². The van der Waals surface area contributed by atoms with Gasteiger partial charge in [0.2, 0.25) is 0 Å². The molecular formula is C15H20N2O2S2. The first-order valence-corrected chi connectivity index (χ1v) is 9.15. The highest BCUT2D eigenvalue weighted by Crippen LogP contribution is 2.25. The fourth-order valence-electron chi connectivity index (χ4n) is 1.90. The lowest BCUT2D eigenvalue weighted by atomic mass is 10.1. The van der Waals surface area contributed by atoms with Gasteiger partial charge < -0.3 is 5.32 Å². The second-order valence-corrected chi connectivity index (χ2v) is 7.89. The molecule has 0 bridgehead atoms. The predicted molar refractivity (Wildman–Crippen MR) is 88.4 cm³/mol. The third kappa shape index (κ3) is 3.84. The molecular weight excluding hydrogens is 304 g/mol. The minimum absolute atomic E-state index is 0.236. The van der Waals surface area contributed by atoms with E-state index in [1.807, 2.05) is 32.2 Å². The van der Waals surface area contributed by atoms with E-state index in [0.717, 1.165) is 16.9 Å². The van der Waals surface area contributed by atoms with Crippen LogP contribution < -0.4 is 10.0 Å². The van der Waals surface area contributed by atoms with Crippen LogP contribution in [0.25, 0.3) is 0 Å². The second-order valence-electron chi connectivity index (χ2n) is 4.81. The van der Waals surface area contributed by atoms with Crippen LogP contribution in [0.15, 0.2) is 40.6 Å². The SMILES string of the molecule is CCc1ccc(S(=O)(=O)Nc2ccc(C(C)NC)cc2)s1. The molecule has 0 saturated heterocycles. The molecule has 2 aromatic rings. The lowest BCUT2D eigenvalue weighted by Crippen LogP contribution is -2.13. The van der Waals surface area contributed by atoms with Crippen LogP contribution in [0.5, 0.6) is 0 Å². The molecule has 1 aromatic heterocycles. The Balaban J connectivity index is 2.16. The summed E-state index contributed by atoms with van der Waals surface area (Å²) in [6.45, 7) is 4.06. The first-order chi connectivity index (χ1) is 9.96. The van der Waals surface area contributed by atoms with Crippen LogP contribution in [0.2, 0.25) is 0 Å². The van der Waals surface area contributed by atoms with E-state index in [1.54, 1.807) is 18.2 Å². The van der Waals surface area contributed by atoms with Crippen LogP contribution in [-0.2, 0) is 16.4 Å². The Bertz CT molecular complexity index is 691. The van der Waals surface area contributed by atoms with E-state index in [4.69, 9.17) is 0 Å². The van der Waals surface area contributed by atoms with Crippen molar-refractivity contribution < 1.29 is 8.42 Å². The van der Waals surface area contributed by atoms with Gasteiger partial charge in [-0.15, -0.1) is 11.3 Å². The number of hydrogen-bond acceptors (Lipinski definition) is 4. The van der Waals surface area contributed by atoms with Gasteiger partial charge in [0.25, 0.3) is 10.0 Å². The van der Waals surface area contributed by atoms with E-state index in [1.165, 1.54) is 11.3 Å². The van der Waals surface area contributed by atoms with Crippen molar-refractivity contribution in [3.63, 3.8) is 0 Å². The van der Waals surface area contributed by atoms with Gasteiger partial charge in [-0.05, 0) is 50.2 Å². The lowest BCUT2D eigenvalue weighted by Gasteiger charge is -2.12. The molecule has 0 aliphatic rings. The number of anilines is 1. The molecule has 1 heterocycles. The van der Waals surface area contributed by atoms with Crippen molar-refractivity contribution in [1.82, 2.24) is 5.32 Å². The van der Waals surface area contributed by atoms with E-state index in [9.17, 15) is 8.42 Å². The van der Waals surface area contributed by atoms with Gasteiger partial charge in [-0.25, -0.2) is 8.42 Å². The Morgan fingerprint density at radius 3 is 2.33 bits per heavy atom. The Kier molecular flexibility index (Phi) is 5.03. The number of hydrogen-bond donors (Lipinski definition) is 2. The highest BCUT2D eigenvalue weighted by molar-refractivity contribution is 7.94. The van der Waals surface area contributed by atoms with Crippen LogP contribution in [0.1, 0.15) is 30.3 Å². The zero-order valence-corrected chi connectivity index (χ0v) is 14.0. The van der Waals surface area contributed by atoms with Gasteiger partial charge >= 0.3 is 0 Å². The highest BCUT2D eigenvalue weighted by atomic mass is 32.2. The van der Waals surface area contributed by atoms with Gasteiger partial charge in [-0.3, -0.25) is 4.72 Å². The van der Waals surface area contributed by atoms with Crippen LogP contribution >= 0.6 is 11.3 Å². The Labute approximate surface area is 130 Å². The molecule has 2 rings (SSSR count). The van der Waals surface area contributed by atoms with Crippen molar-refractivity contribution >= 4 is 27.0 Å². The maximum Gasteiger partial charge on any atom is 0.271 e.